The number of nitrogens with zero attached hydrogens (tertiary/aromatic N) is 2. The van der Waals surface area contributed by atoms with E-state index in [9.17, 15) is 14.9 Å². The molecule has 0 bridgehead atoms. The smallest absolute Gasteiger partial charge is 0.276 e. The maximum atomic E-state index is 12.3. The summed E-state index contributed by atoms with van der Waals surface area (Å²) in [6.07, 6.45) is 5.85. The number of carbonyl (C=O) groups is 1. The molecule has 158 valence electrons. The van der Waals surface area contributed by atoms with Crippen molar-refractivity contribution in [2.45, 2.75) is 6.92 Å². The van der Waals surface area contributed by atoms with Gasteiger partial charge in [0.05, 0.1) is 16.7 Å². The second-order valence-electron chi connectivity index (χ2n) is 7.08. The number of aryl methyl sites for hydroxylation is 1. The Labute approximate surface area is 184 Å². The van der Waals surface area contributed by atoms with Crippen LogP contribution in [-0.2, 0) is 4.79 Å². The van der Waals surface area contributed by atoms with Crippen LogP contribution in [-0.4, -0.2) is 15.8 Å². The highest BCUT2D eigenvalue weighted by atomic mass is 16.6. The molecule has 0 atom stereocenters. The molecule has 0 spiro atoms. The average molecular weight is 425 g/mol. The number of nitro benzene ring substituents is 1. The lowest BCUT2D eigenvalue weighted by atomic mass is 9.98. The Hall–Kier alpha value is -4.52. The van der Waals surface area contributed by atoms with Crippen LogP contribution in [0, 0.1) is 17.0 Å². The van der Waals surface area contributed by atoms with Crippen LogP contribution in [0.3, 0.4) is 0 Å². The first kappa shape index (κ1) is 20.7. The minimum absolute atomic E-state index is 0.0525. The summed E-state index contributed by atoms with van der Waals surface area (Å²) in [5.41, 5.74) is 4.94. The largest absolute Gasteiger partial charge is 0.445 e. The maximum Gasteiger partial charge on any atom is 0.276 e. The summed E-state index contributed by atoms with van der Waals surface area (Å²) >= 11 is 0. The molecule has 0 aliphatic carbocycles. The van der Waals surface area contributed by atoms with E-state index < -0.39 is 4.92 Å². The molecule has 4 rings (SSSR count). The van der Waals surface area contributed by atoms with Gasteiger partial charge in [0.25, 0.3) is 5.69 Å². The van der Waals surface area contributed by atoms with Crippen LogP contribution >= 0.6 is 0 Å². The van der Waals surface area contributed by atoms with E-state index in [-0.39, 0.29) is 11.6 Å². The molecule has 3 aromatic carbocycles. The number of para-hydroxylation sites is 1. The van der Waals surface area contributed by atoms with Crippen molar-refractivity contribution in [3.63, 3.8) is 0 Å². The molecule has 1 aromatic heterocycles. The van der Waals surface area contributed by atoms with Gasteiger partial charge in [-0.25, -0.2) is 4.98 Å². The SMILES string of the molecule is Cc1ccc(-c2ncco2)cc1-c1ccc(NC(=O)/C=C/c2ccccc2[N+](=O)[O-])cc1. The number of hydrogen-bond donors (Lipinski definition) is 1. The Balaban J connectivity index is 1.48. The first-order valence-electron chi connectivity index (χ1n) is 9.85. The lowest BCUT2D eigenvalue weighted by Gasteiger charge is -2.09. The number of anilines is 1. The summed E-state index contributed by atoms with van der Waals surface area (Å²) in [7, 11) is 0. The zero-order valence-corrected chi connectivity index (χ0v) is 17.2. The number of nitro groups is 1. The lowest BCUT2D eigenvalue weighted by molar-refractivity contribution is -0.385. The van der Waals surface area contributed by atoms with E-state index in [2.05, 4.69) is 10.3 Å². The summed E-state index contributed by atoms with van der Waals surface area (Å²) in [6.45, 7) is 2.03. The first-order valence-corrected chi connectivity index (χ1v) is 9.85. The van der Waals surface area contributed by atoms with E-state index in [1.807, 2.05) is 49.4 Å². The number of nitrogens with one attached hydrogen (secondary N) is 1. The van der Waals surface area contributed by atoms with Crippen LogP contribution in [0.1, 0.15) is 11.1 Å². The molecule has 4 aromatic rings. The molecule has 7 nitrogen and oxygen atoms in total. The Bertz CT molecular complexity index is 1290. The topological polar surface area (TPSA) is 98.3 Å². The van der Waals surface area contributed by atoms with Gasteiger partial charge in [-0.1, -0.05) is 30.3 Å². The molecule has 32 heavy (non-hydrogen) atoms. The van der Waals surface area contributed by atoms with Crippen molar-refractivity contribution in [3.05, 3.63) is 107 Å². The van der Waals surface area contributed by atoms with Crippen molar-refractivity contribution in [1.29, 1.82) is 0 Å². The summed E-state index contributed by atoms with van der Waals surface area (Å²) < 4.78 is 5.39. The van der Waals surface area contributed by atoms with Crippen LogP contribution < -0.4 is 5.32 Å². The van der Waals surface area contributed by atoms with Crippen LogP contribution in [0.2, 0.25) is 0 Å². The molecule has 0 saturated heterocycles. The van der Waals surface area contributed by atoms with Gasteiger partial charge in [-0.15, -0.1) is 0 Å². The van der Waals surface area contributed by atoms with Crippen LogP contribution in [0.25, 0.3) is 28.7 Å². The average Bonchev–Trinajstić information content (AvgIpc) is 3.34. The number of benzene rings is 3. The molecule has 0 saturated carbocycles. The number of carbonyl (C=O) groups excluding carboxylic acids is 1. The van der Waals surface area contributed by atoms with Crippen molar-refractivity contribution < 1.29 is 14.1 Å². The molecular formula is C25H19N3O4. The van der Waals surface area contributed by atoms with Gasteiger partial charge in [0.1, 0.15) is 6.26 Å². The van der Waals surface area contributed by atoms with Gasteiger partial charge >= 0.3 is 0 Å². The fraction of sp³-hybridized carbons (Fsp3) is 0.0400. The van der Waals surface area contributed by atoms with E-state index in [1.54, 1.807) is 24.4 Å². The summed E-state index contributed by atoms with van der Waals surface area (Å²) in [4.78, 5) is 27.1. The zero-order valence-electron chi connectivity index (χ0n) is 17.2. The van der Waals surface area contributed by atoms with Gasteiger partial charge in [0.15, 0.2) is 0 Å². The van der Waals surface area contributed by atoms with Crippen LogP contribution in [0.5, 0.6) is 0 Å². The predicted molar refractivity (Wildman–Crippen MR) is 123 cm³/mol. The van der Waals surface area contributed by atoms with Gasteiger partial charge in [0.2, 0.25) is 11.8 Å². The highest BCUT2D eigenvalue weighted by Crippen LogP contribution is 2.29. The van der Waals surface area contributed by atoms with Gasteiger partial charge in [-0.05, 0) is 60.0 Å². The summed E-state index contributed by atoms with van der Waals surface area (Å²) in [5.74, 6) is 0.179. The molecule has 1 amide bonds. The third-order valence-corrected chi connectivity index (χ3v) is 4.93. The quantitative estimate of drug-likeness (QED) is 0.236. The maximum absolute atomic E-state index is 12.3. The number of rotatable bonds is 6. The van der Waals surface area contributed by atoms with Crippen LogP contribution in [0.15, 0.2) is 89.7 Å². The third-order valence-electron chi connectivity index (χ3n) is 4.93. The van der Waals surface area contributed by atoms with Gasteiger partial charge in [0, 0.05) is 23.4 Å². The van der Waals surface area contributed by atoms with E-state index in [4.69, 9.17) is 4.42 Å². The van der Waals surface area contributed by atoms with E-state index >= 15 is 0 Å². The highest BCUT2D eigenvalue weighted by Gasteiger charge is 2.10. The number of amides is 1. The Morgan fingerprint density at radius 2 is 1.81 bits per heavy atom. The van der Waals surface area contributed by atoms with Crippen molar-refractivity contribution in [3.8, 4) is 22.6 Å². The lowest BCUT2D eigenvalue weighted by Crippen LogP contribution is -2.07. The van der Waals surface area contributed by atoms with Gasteiger partial charge in [-0.2, -0.15) is 0 Å². The summed E-state index contributed by atoms with van der Waals surface area (Å²) in [5, 5.41) is 13.8. The van der Waals surface area contributed by atoms with E-state index in [0.717, 1.165) is 22.3 Å². The number of hydrogen-bond acceptors (Lipinski definition) is 5. The fourth-order valence-electron chi connectivity index (χ4n) is 3.31. The van der Waals surface area contributed by atoms with Crippen LogP contribution in [0.4, 0.5) is 11.4 Å². The first-order chi connectivity index (χ1) is 15.5. The Kier molecular flexibility index (Phi) is 5.89. The van der Waals surface area contributed by atoms with Crippen molar-refractivity contribution in [2.24, 2.45) is 0 Å². The minimum Gasteiger partial charge on any atom is -0.445 e. The molecular weight excluding hydrogens is 406 g/mol. The predicted octanol–water partition coefficient (Wildman–Crippen LogP) is 5.88. The minimum atomic E-state index is -0.477. The Morgan fingerprint density at radius 1 is 1.06 bits per heavy atom. The molecule has 0 aliphatic rings. The van der Waals surface area contributed by atoms with Crippen molar-refractivity contribution in [1.82, 2.24) is 4.98 Å². The number of oxazole rings is 1. The third kappa shape index (κ3) is 4.62. The normalized spacial score (nSPS) is 10.9. The van der Waals surface area contributed by atoms with Crippen molar-refractivity contribution in [2.75, 3.05) is 5.32 Å². The van der Waals surface area contributed by atoms with E-state index in [0.29, 0.717) is 17.1 Å². The molecule has 0 aliphatic heterocycles. The highest BCUT2D eigenvalue weighted by molar-refractivity contribution is 6.02. The molecule has 7 heteroatoms. The van der Waals surface area contributed by atoms with Crippen molar-refractivity contribution >= 4 is 23.4 Å². The molecule has 0 radical (unpaired) electrons. The molecule has 1 heterocycles. The zero-order chi connectivity index (χ0) is 22.5. The fourth-order valence-corrected chi connectivity index (χ4v) is 3.31. The monoisotopic (exact) mass is 425 g/mol. The Morgan fingerprint density at radius 3 is 2.53 bits per heavy atom. The molecule has 1 N–H and O–H groups in total. The summed E-state index contributed by atoms with van der Waals surface area (Å²) in [6, 6.07) is 19.7. The second kappa shape index (κ2) is 9.09. The van der Waals surface area contributed by atoms with Gasteiger partial charge in [-0.3, -0.25) is 14.9 Å². The van der Waals surface area contributed by atoms with Gasteiger partial charge < -0.3 is 9.73 Å². The number of aromatic nitrogens is 1. The molecule has 0 fully saturated rings. The standard InChI is InChI=1S/C25H19N3O4/c1-17-6-7-20(25-26-14-15-32-25)16-22(17)18-8-11-21(12-9-18)27-24(29)13-10-19-4-2-3-5-23(19)28(30)31/h2-16H,1H3,(H,27,29)/b13-10+. The van der Waals surface area contributed by atoms with E-state index in [1.165, 1.54) is 24.5 Å². The molecule has 0 unspecified atom stereocenters. The second-order valence-corrected chi connectivity index (χ2v) is 7.08.